The van der Waals surface area contributed by atoms with Gasteiger partial charge in [0, 0.05) is 84.4 Å². The number of hydrogen-bond donors (Lipinski definition) is 2. The van der Waals surface area contributed by atoms with Crippen molar-refractivity contribution in [1.82, 2.24) is 24.8 Å². The highest BCUT2D eigenvalue weighted by Crippen LogP contribution is 2.33. The Labute approximate surface area is 246 Å². The quantitative estimate of drug-likeness (QED) is 0.359. The Balaban J connectivity index is 1.32. The molecule has 4 aromatic rings. The number of nitrogens with one attached hydrogen (secondary N) is 2. The number of rotatable bonds is 6. The second-order valence-corrected chi connectivity index (χ2v) is 12.0. The zero-order valence-electron chi connectivity index (χ0n) is 25.2. The Morgan fingerprint density at radius 3 is 2.67 bits per heavy atom. The fourth-order valence-corrected chi connectivity index (χ4v) is 6.42. The van der Waals surface area contributed by atoms with Crippen LogP contribution in [-0.4, -0.2) is 70.8 Å². The molecule has 2 fully saturated rings. The molecule has 2 saturated heterocycles. The molecule has 220 valence electrons. The van der Waals surface area contributed by atoms with Crippen molar-refractivity contribution < 1.29 is 9.53 Å². The van der Waals surface area contributed by atoms with Gasteiger partial charge in [-0.05, 0) is 81.6 Å². The molecule has 1 atom stereocenters. The Kier molecular flexibility index (Phi) is 7.64. The highest BCUT2D eigenvalue weighted by atomic mass is 16.5. The molecular weight excluding hydrogens is 528 g/mol. The van der Waals surface area contributed by atoms with E-state index in [0.717, 1.165) is 84.1 Å². The lowest BCUT2D eigenvalue weighted by atomic mass is 9.98. The summed E-state index contributed by atoms with van der Waals surface area (Å²) >= 11 is 0. The first-order valence-electron chi connectivity index (χ1n) is 14.9. The molecule has 0 bridgehead atoms. The first kappa shape index (κ1) is 28.2. The summed E-state index contributed by atoms with van der Waals surface area (Å²) in [4.78, 5) is 38.9. The van der Waals surface area contributed by atoms with Gasteiger partial charge in [0.25, 0.3) is 11.5 Å². The molecule has 0 saturated carbocycles. The third-order valence-electron chi connectivity index (χ3n) is 8.69. The Morgan fingerprint density at radius 1 is 1.10 bits per heavy atom. The van der Waals surface area contributed by atoms with Crippen molar-refractivity contribution in [2.75, 3.05) is 44.3 Å². The summed E-state index contributed by atoms with van der Waals surface area (Å²) in [5, 5.41) is 3.95. The van der Waals surface area contributed by atoms with Crippen LogP contribution < -0.4 is 15.8 Å². The maximum atomic E-state index is 13.7. The minimum absolute atomic E-state index is 0.158. The minimum atomic E-state index is -0.206. The summed E-state index contributed by atoms with van der Waals surface area (Å²) in [7, 11) is 0. The molecule has 6 rings (SSSR count). The maximum absolute atomic E-state index is 13.7. The molecule has 3 aromatic heterocycles. The van der Waals surface area contributed by atoms with Gasteiger partial charge in [0.1, 0.15) is 5.82 Å². The average Bonchev–Trinajstić information content (AvgIpc) is 3.32. The molecular formula is C33H40N6O3. The lowest BCUT2D eigenvalue weighted by Gasteiger charge is -2.44. The van der Waals surface area contributed by atoms with Gasteiger partial charge in [0.15, 0.2) is 0 Å². The van der Waals surface area contributed by atoms with Crippen LogP contribution >= 0.6 is 0 Å². The predicted octanol–water partition coefficient (Wildman–Crippen LogP) is 4.35. The van der Waals surface area contributed by atoms with Crippen LogP contribution in [0.15, 0.2) is 47.5 Å². The van der Waals surface area contributed by atoms with Crippen LogP contribution in [0.4, 0.5) is 5.82 Å². The summed E-state index contributed by atoms with van der Waals surface area (Å²) in [6.07, 6.45) is 4.02. The van der Waals surface area contributed by atoms with Crippen molar-refractivity contribution >= 4 is 22.6 Å². The number of ether oxygens (including phenoxy) is 1. The number of fused-ring (bicyclic) bond motifs is 2. The van der Waals surface area contributed by atoms with Crippen LogP contribution in [0.5, 0.6) is 0 Å². The number of aromatic amines is 1. The van der Waals surface area contributed by atoms with Crippen molar-refractivity contribution in [3.05, 3.63) is 81.0 Å². The van der Waals surface area contributed by atoms with Crippen LogP contribution in [0, 0.1) is 20.8 Å². The van der Waals surface area contributed by atoms with E-state index in [1.807, 2.05) is 39.1 Å². The standard InChI is InChI=1S/C33H40N6O3/c1-20(2)39-17-22(4)31-27(32(40)35-16-28-21(3)12-23(5)36-33(28)41)13-25(14-29(31)39)24-6-7-30(34-15-24)38-9-8-37-10-11-42-19-26(37)18-38/h6-7,12-15,17,20,26H,8-11,16,18-19H2,1-5H3,(H,35,40)(H,36,41). The lowest BCUT2D eigenvalue weighted by molar-refractivity contribution is -0.0117. The van der Waals surface area contributed by atoms with Crippen molar-refractivity contribution in [3.63, 3.8) is 0 Å². The van der Waals surface area contributed by atoms with Gasteiger partial charge in [0.05, 0.1) is 19.3 Å². The van der Waals surface area contributed by atoms with Gasteiger partial charge in [-0.15, -0.1) is 0 Å². The molecule has 0 spiro atoms. The molecule has 42 heavy (non-hydrogen) atoms. The number of benzene rings is 1. The second kappa shape index (κ2) is 11.4. The van der Waals surface area contributed by atoms with Crippen molar-refractivity contribution in [3.8, 4) is 11.1 Å². The fourth-order valence-electron chi connectivity index (χ4n) is 6.42. The number of aromatic nitrogens is 3. The summed E-state index contributed by atoms with van der Waals surface area (Å²) in [6, 6.07) is 10.8. The number of hydrogen-bond acceptors (Lipinski definition) is 6. The zero-order valence-corrected chi connectivity index (χ0v) is 25.2. The van der Waals surface area contributed by atoms with Crippen LogP contribution in [0.25, 0.3) is 22.0 Å². The maximum Gasteiger partial charge on any atom is 0.253 e. The number of aryl methyl sites for hydroxylation is 3. The lowest BCUT2D eigenvalue weighted by Crippen LogP contribution is -2.58. The number of H-pyrrole nitrogens is 1. The third-order valence-corrected chi connectivity index (χ3v) is 8.69. The van der Waals surface area contributed by atoms with Crippen molar-refractivity contribution in [1.29, 1.82) is 0 Å². The van der Waals surface area contributed by atoms with E-state index in [1.165, 1.54) is 0 Å². The summed E-state index contributed by atoms with van der Waals surface area (Å²) in [5.74, 6) is 0.756. The Bertz CT molecular complexity index is 1690. The molecule has 9 heteroatoms. The third kappa shape index (κ3) is 5.34. The van der Waals surface area contributed by atoms with E-state index in [0.29, 0.717) is 17.2 Å². The zero-order chi connectivity index (χ0) is 29.5. The van der Waals surface area contributed by atoms with Crippen LogP contribution in [-0.2, 0) is 11.3 Å². The van der Waals surface area contributed by atoms with Crippen molar-refractivity contribution in [2.45, 2.75) is 53.2 Å². The van der Waals surface area contributed by atoms with Gasteiger partial charge < -0.3 is 24.5 Å². The number of carbonyl (C=O) groups is 1. The van der Waals surface area contributed by atoms with Crippen LogP contribution in [0.1, 0.15) is 52.6 Å². The normalized spacial score (nSPS) is 17.6. The van der Waals surface area contributed by atoms with Crippen molar-refractivity contribution in [2.24, 2.45) is 0 Å². The van der Waals surface area contributed by atoms with E-state index < -0.39 is 0 Å². The monoisotopic (exact) mass is 568 g/mol. The molecule has 1 unspecified atom stereocenters. The molecule has 0 radical (unpaired) electrons. The SMILES string of the molecule is Cc1cc(C)c(CNC(=O)c2cc(-c3ccc(N4CCN5CCOCC5C4)nc3)cc3c2c(C)cn3C(C)C)c(=O)[nH]1. The molecule has 9 nitrogen and oxygen atoms in total. The number of piperazine rings is 1. The topological polar surface area (TPSA) is 95.5 Å². The molecule has 2 aliphatic heterocycles. The van der Waals surface area contributed by atoms with Gasteiger partial charge in [-0.3, -0.25) is 14.5 Å². The number of nitrogens with zero attached hydrogens (tertiary/aromatic N) is 4. The highest BCUT2D eigenvalue weighted by Gasteiger charge is 2.30. The number of pyridine rings is 2. The number of amides is 1. The minimum Gasteiger partial charge on any atom is -0.378 e. The number of morpholine rings is 1. The molecule has 0 aliphatic carbocycles. The van der Waals surface area contributed by atoms with E-state index in [1.54, 1.807) is 0 Å². The van der Waals surface area contributed by atoms with Crippen LogP contribution in [0.2, 0.25) is 0 Å². The van der Waals surface area contributed by atoms with Gasteiger partial charge in [-0.25, -0.2) is 4.98 Å². The number of carbonyl (C=O) groups excluding carboxylic acids is 1. The fraction of sp³-hybridized carbons (Fsp3) is 0.424. The summed E-state index contributed by atoms with van der Waals surface area (Å²) in [5.41, 5.74) is 6.59. The molecule has 1 aromatic carbocycles. The number of anilines is 1. The smallest absolute Gasteiger partial charge is 0.253 e. The van der Waals surface area contributed by atoms with Gasteiger partial charge in [-0.1, -0.05) is 0 Å². The second-order valence-electron chi connectivity index (χ2n) is 12.0. The van der Waals surface area contributed by atoms with Gasteiger partial charge >= 0.3 is 0 Å². The summed E-state index contributed by atoms with van der Waals surface area (Å²) in [6.45, 7) is 15.7. The summed E-state index contributed by atoms with van der Waals surface area (Å²) < 4.78 is 7.93. The molecule has 2 aliphatic rings. The van der Waals surface area contributed by atoms with E-state index in [-0.39, 0.29) is 24.1 Å². The molecule has 2 N–H and O–H groups in total. The Hall–Kier alpha value is -3.95. The average molecular weight is 569 g/mol. The van der Waals surface area contributed by atoms with Crippen LogP contribution in [0.3, 0.4) is 0 Å². The predicted molar refractivity (Wildman–Crippen MR) is 166 cm³/mol. The molecule has 5 heterocycles. The van der Waals surface area contributed by atoms with E-state index in [2.05, 4.69) is 62.9 Å². The van der Waals surface area contributed by atoms with E-state index in [9.17, 15) is 9.59 Å². The van der Waals surface area contributed by atoms with Gasteiger partial charge in [-0.2, -0.15) is 0 Å². The largest absolute Gasteiger partial charge is 0.378 e. The molecule has 1 amide bonds. The highest BCUT2D eigenvalue weighted by molar-refractivity contribution is 6.09. The Morgan fingerprint density at radius 2 is 1.93 bits per heavy atom. The van der Waals surface area contributed by atoms with Gasteiger partial charge in [0.2, 0.25) is 0 Å². The first-order valence-corrected chi connectivity index (χ1v) is 14.9. The first-order chi connectivity index (χ1) is 20.2. The van der Waals surface area contributed by atoms with E-state index in [4.69, 9.17) is 9.72 Å². The van der Waals surface area contributed by atoms with E-state index >= 15 is 0 Å².